The zero-order chi connectivity index (χ0) is 12.4. The number of halogens is 3. The molecule has 1 heterocycles. The SMILES string of the molecule is Cc1cc(Nc2cc(Cl)ccc2F)ncc1Br. The Labute approximate surface area is 112 Å². The lowest BCUT2D eigenvalue weighted by atomic mass is 10.2. The van der Waals surface area contributed by atoms with Crippen molar-refractivity contribution in [2.24, 2.45) is 0 Å². The van der Waals surface area contributed by atoms with Gasteiger partial charge in [-0.15, -0.1) is 0 Å². The van der Waals surface area contributed by atoms with Gasteiger partial charge in [0.1, 0.15) is 11.6 Å². The van der Waals surface area contributed by atoms with E-state index in [1.165, 1.54) is 18.2 Å². The summed E-state index contributed by atoms with van der Waals surface area (Å²) in [5.74, 6) is 0.212. The van der Waals surface area contributed by atoms with Crippen LogP contribution in [0.15, 0.2) is 34.9 Å². The van der Waals surface area contributed by atoms with E-state index in [9.17, 15) is 4.39 Å². The molecular weight excluding hydrogens is 307 g/mol. The molecule has 0 radical (unpaired) electrons. The fourth-order valence-corrected chi connectivity index (χ4v) is 1.73. The maximum absolute atomic E-state index is 13.5. The van der Waals surface area contributed by atoms with E-state index in [1.54, 1.807) is 6.20 Å². The average Bonchev–Trinajstić information content (AvgIpc) is 2.29. The summed E-state index contributed by atoms with van der Waals surface area (Å²) in [5, 5.41) is 3.36. The number of rotatable bonds is 2. The van der Waals surface area contributed by atoms with Crippen molar-refractivity contribution >= 4 is 39.0 Å². The smallest absolute Gasteiger partial charge is 0.146 e. The van der Waals surface area contributed by atoms with Gasteiger partial charge < -0.3 is 5.32 Å². The predicted molar refractivity (Wildman–Crippen MR) is 71.4 cm³/mol. The number of pyridine rings is 1. The van der Waals surface area contributed by atoms with Crippen molar-refractivity contribution in [2.45, 2.75) is 6.92 Å². The van der Waals surface area contributed by atoms with Gasteiger partial charge in [0, 0.05) is 15.7 Å². The Morgan fingerprint density at radius 2 is 2.12 bits per heavy atom. The normalized spacial score (nSPS) is 10.4. The average molecular weight is 316 g/mol. The van der Waals surface area contributed by atoms with E-state index in [0.717, 1.165) is 10.0 Å². The number of nitrogens with one attached hydrogen (secondary N) is 1. The molecule has 0 saturated carbocycles. The van der Waals surface area contributed by atoms with Gasteiger partial charge in [-0.05, 0) is 52.7 Å². The van der Waals surface area contributed by atoms with Crippen LogP contribution in [0.4, 0.5) is 15.9 Å². The van der Waals surface area contributed by atoms with Crippen LogP contribution in [-0.2, 0) is 0 Å². The van der Waals surface area contributed by atoms with Crippen molar-refractivity contribution in [3.63, 3.8) is 0 Å². The Hall–Kier alpha value is -1.13. The molecule has 0 atom stereocenters. The van der Waals surface area contributed by atoms with Crippen molar-refractivity contribution in [2.75, 3.05) is 5.32 Å². The first-order chi connectivity index (χ1) is 8.06. The first-order valence-electron chi connectivity index (χ1n) is 4.90. The third kappa shape index (κ3) is 2.96. The molecule has 0 amide bonds. The molecule has 2 rings (SSSR count). The molecule has 0 unspecified atom stereocenters. The van der Waals surface area contributed by atoms with E-state index in [2.05, 4.69) is 26.2 Å². The number of aryl methyl sites for hydroxylation is 1. The van der Waals surface area contributed by atoms with Crippen LogP contribution in [0, 0.1) is 12.7 Å². The van der Waals surface area contributed by atoms with E-state index >= 15 is 0 Å². The molecule has 0 spiro atoms. The summed E-state index contributed by atoms with van der Waals surface area (Å²) in [6.45, 7) is 1.94. The molecule has 1 N–H and O–H groups in total. The molecule has 0 saturated heterocycles. The van der Waals surface area contributed by atoms with Gasteiger partial charge in [0.25, 0.3) is 0 Å². The monoisotopic (exact) mass is 314 g/mol. The topological polar surface area (TPSA) is 24.9 Å². The number of hydrogen-bond donors (Lipinski definition) is 1. The van der Waals surface area contributed by atoms with Crippen molar-refractivity contribution in [3.8, 4) is 0 Å². The van der Waals surface area contributed by atoms with Crippen LogP contribution in [0.3, 0.4) is 0 Å². The molecular formula is C12H9BrClFN2. The fraction of sp³-hybridized carbons (Fsp3) is 0.0833. The van der Waals surface area contributed by atoms with Crippen molar-refractivity contribution in [1.29, 1.82) is 0 Å². The molecule has 2 nitrogen and oxygen atoms in total. The molecule has 0 aliphatic rings. The van der Waals surface area contributed by atoms with Crippen LogP contribution in [0.25, 0.3) is 0 Å². The van der Waals surface area contributed by atoms with Gasteiger partial charge in [0.05, 0.1) is 5.69 Å². The summed E-state index contributed by atoms with van der Waals surface area (Å²) in [7, 11) is 0. The van der Waals surface area contributed by atoms with Crippen LogP contribution in [-0.4, -0.2) is 4.98 Å². The lowest BCUT2D eigenvalue weighted by molar-refractivity contribution is 0.632. The predicted octanol–water partition coefficient (Wildman–Crippen LogP) is 4.69. The van der Waals surface area contributed by atoms with Crippen LogP contribution >= 0.6 is 27.5 Å². The summed E-state index contributed by atoms with van der Waals surface area (Å²) in [4.78, 5) is 4.14. The van der Waals surface area contributed by atoms with Crippen LogP contribution in [0.2, 0.25) is 5.02 Å². The van der Waals surface area contributed by atoms with Crippen molar-refractivity contribution in [1.82, 2.24) is 4.98 Å². The Bertz CT molecular complexity index is 560. The first-order valence-corrected chi connectivity index (χ1v) is 6.07. The first kappa shape index (κ1) is 12.3. The number of benzene rings is 1. The highest BCUT2D eigenvalue weighted by Gasteiger charge is 2.05. The maximum atomic E-state index is 13.5. The molecule has 2 aromatic rings. The third-order valence-electron chi connectivity index (χ3n) is 2.24. The van der Waals surface area contributed by atoms with Gasteiger partial charge in [-0.1, -0.05) is 11.6 Å². The van der Waals surface area contributed by atoms with Crippen molar-refractivity contribution < 1.29 is 4.39 Å². The second-order valence-electron chi connectivity index (χ2n) is 3.57. The Balaban J connectivity index is 2.31. The van der Waals surface area contributed by atoms with Gasteiger partial charge in [-0.25, -0.2) is 9.37 Å². The quantitative estimate of drug-likeness (QED) is 0.869. The van der Waals surface area contributed by atoms with E-state index in [4.69, 9.17) is 11.6 Å². The molecule has 0 aliphatic heterocycles. The molecule has 0 bridgehead atoms. The van der Waals surface area contributed by atoms with E-state index in [0.29, 0.717) is 16.5 Å². The van der Waals surface area contributed by atoms with Gasteiger partial charge >= 0.3 is 0 Å². The zero-order valence-electron chi connectivity index (χ0n) is 8.97. The Morgan fingerprint density at radius 1 is 1.35 bits per heavy atom. The van der Waals surface area contributed by atoms with Gasteiger partial charge in [0.2, 0.25) is 0 Å². The standard InChI is InChI=1S/C12H9BrClFN2/c1-7-4-12(16-6-9(7)13)17-11-5-8(14)2-3-10(11)15/h2-6H,1H3,(H,16,17). The molecule has 0 aliphatic carbocycles. The number of anilines is 2. The summed E-state index contributed by atoms with van der Waals surface area (Å²) < 4.78 is 14.4. The minimum Gasteiger partial charge on any atom is -0.338 e. The highest BCUT2D eigenvalue weighted by Crippen LogP contribution is 2.24. The summed E-state index contributed by atoms with van der Waals surface area (Å²) in [6, 6.07) is 6.17. The van der Waals surface area contributed by atoms with Crippen molar-refractivity contribution in [3.05, 3.63) is 51.3 Å². The Kier molecular flexibility index (Phi) is 3.64. The van der Waals surface area contributed by atoms with Gasteiger partial charge in [-0.3, -0.25) is 0 Å². The molecule has 17 heavy (non-hydrogen) atoms. The van der Waals surface area contributed by atoms with Crippen LogP contribution in [0.5, 0.6) is 0 Å². The molecule has 5 heteroatoms. The minimum absolute atomic E-state index is 0.312. The maximum Gasteiger partial charge on any atom is 0.146 e. The van der Waals surface area contributed by atoms with E-state index in [1.807, 2.05) is 13.0 Å². The molecule has 0 fully saturated rings. The van der Waals surface area contributed by atoms with Gasteiger partial charge in [-0.2, -0.15) is 0 Å². The summed E-state index contributed by atoms with van der Waals surface area (Å²) >= 11 is 9.16. The highest BCUT2D eigenvalue weighted by atomic mass is 79.9. The lowest BCUT2D eigenvalue weighted by Crippen LogP contribution is -1.96. The number of nitrogens with zero attached hydrogens (tertiary/aromatic N) is 1. The van der Waals surface area contributed by atoms with E-state index < -0.39 is 0 Å². The molecule has 88 valence electrons. The molecule has 1 aromatic carbocycles. The third-order valence-corrected chi connectivity index (χ3v) is 3.30. The zero-order valence-corrected chi connectivity index (χ0v) is 11.3. The molecule has 1 aromatic heterocycles. The number of hydrogen-bond acceptors (Lipinski definition) is 2. The second kappa shape index (κ2) is 5.02. The minimum atomic E-state index is -0.364. The number of aromatic nitrogens is 1. The highest BCUT2D eigenvalue weighted by molar-refractivity contribution is 9.10. The lowest BCUT2D eigenvalue weighted by Gasteiger charge is -2.08. The fourth-order valence-electron chi connectivity index (χ4n) is 1.34. The second-order valence-corrected chi connectivity index (χ2v) is 4.86. The summed E-state index contributed by atoms with van der Waals surface area (Å²) in [6.07, 6.45) is 1.67. The summed E-state index contributed by atoms with van der Waals surface area (Å²) in [5.41, 5.74) is 1.33. The van der Waals surface area contributed by atoms with E-state index in [-0.39, 0.29) is 5.82 Å². The Morgan fingerprint density at radius 3 is 2.82 bits per heavy atom. The van der Waals surface area contributed by atoms with Crippen LogP contribution in [0.1, 0.15) is 5.56 Å². The van der Waals surface area contributed by atoms with Gasteiger partial charge in [0.15, 0.2) is 0 Å². The van der Waals surface area contributed by atoms with Crippen LogP contribution < -0.4 is 5.32 Å². The largest absolute Gasteiger partial charge is 0.338 e.